The van der Waals surface area contributed by atoms with Crippen molar-refractivity contribution in [1.29, 1.82) is 0 Å². The van der Waals surface area contributed by atoms with Crippen molar-refractivity contribution in [3.8, 4) is 17.0 Å². The molecule has 1 heterocycles. The largest absolute Gasteiger partial charge is 0.490 e. The molecule has 1 aliphatic carbocycles. The predicted molar refractivity (Wildman–Crippen MR) is 87.0 cm³/mol. The summed E-state index contributed by atoms with van der Waals surface area (Å²) in [5.74, 6) is 5.35. The molecule has 0 spiro atoms. The zero-order valence-electron chi connectivity index (χ0n) is 12.5. The maximum atomic E-state index is 11.5. The number of ether oxygens (including phenoxy) is 1. The van der Waals surface area contributed by atoms with E-state index in [0.717, 1.165) is 18.6 Å². The summed E-state index contributed by atoms with van der Waals surface area (Å²) in [5.41, 5.74) is 3.35. The molecule has 1 fully saturated rings. The van der Waals surface area contributed by atoms with Gasteiger partial charge in [0.25, 0.3) is 5.91 Å². The van der Waals surface area contributed by atoms with Crippen molar-refractivity contribution < 1.29 is 9.53 Å². The molecule has 23 heavy (non-hydrogen) atoms. The van der Waals surface area contributed by atoms with E-state index in [1.165, 1.54) is 19.0 Å². The Hall–Kier alpha value is -2.18. The normalized spacial score (nSPS) is 14.7. The fourth-order valence-electron chi connectivity index (χ4n) is 2.65. The summed E-state index contributed by atoms with van der Waals surface area (Å²) in [7, 11) is 0. The van der Waals surface area contributed by atoms with E-state index in [4.69, 9.17) is 22.2 Å². The first-order valence-corrected chi connectivity index (χ1v) is 7.85. The van der Waals surface area contributed by atoms with Crippen molar-refractivity contribution in [1.82, 2.24) is 15.4 Å². The summed E-state index contributed by atoms with van der Waals surface area (Å²) >= 11 is 6.34. The lowest BCUT2D eigenvalue weighted by Gasteiger charge is -2.14. The second kappa shape index (κ2) is 6.93. The van der Waals surface area contributed by atoms with Gasteiger partial charge in [-0.1, -0.05) is 11.6 Å². The van der Waals surface area contributed by atoms with E-state index < -0.39 is 5.91 Å². The highest BCUT2D eigenvalue weighted by molar-refractivity contribution is 6.33. The Bertz CT molecular complexity index is 717. The average molecular weight is 333 g/mol. The van der Waals surface area contributed by atoms with Gasteiger partial charge < -0.3 is 4.74 Å². The quantitative estimate of drug-likeness (QED) is 0.510. The molecule has 2 aromatic rings. The third-order valence-corrected chi connectivity index (χ3v) is 4.13. The van der Waals surface area contributed by atoms with Gasteiger partial charge in [0.05, 0.1) is 29.2 Å². The van der Waals surface area contributed by atoms with Crippen LogP contribution >= 0.6 is 11.6 Å². The summed E-state index contributed by atoms with van der Waals surface area (Å²) in [4.78, 5) is 19.8. The number of hydrazine groups is 1. The zero-order valence-corrected chi connectivity index (χ0v) is 13.2. The average Bonchev–Trinajstić information content (AvgIpc) is 3.07. The number of aromatic nitrogens is 2. The van der Waals surface area contributed by atoms with Crippen molar-refractivity contribution in [2.75, 3.05) is 0 Å². The molecule has 0 aliphatic heterocycles. The van der Waals surface area contributed by atoms with E-state index in [9.17, 15) is 4.79 Å². The number of halogens is 1. The van der Waals surface area contributed by atoms with Gasteiger partial charge in [0.1, 0.15) is 11.4 Å². The van der Waals surface area contributed by atoms with Crippen LogP contribution in [-0.2, 0) is 0 Å². The van der Waals surface area contributed by atoms with Crippen molar-refractivity contribution >= 4 is 17.5 Å². The monoisotopic (exact) mass is 332 g/mol. The molecule has 3 N–H and O–H groups in total. The predicted octanol–water partition coefficient (Wildman–Crippen LogP) is 2.72. The zero-order chi connectivity index (χ0) is 16.2. The molecule has 0 radical (unpaired) electrons. The first kappa shape index (κ1) is 15.7. The van der Waals surface area contributed by atoms with Gasteiger partial charge >= 0.3 is 0 Å². The second-order valence-electron chi connectivity index (χ2n) is 5.43. The van der Waals surface area contributed by atoms with Gasteiger partial charge in [-0.3, -0.25) is 15.2 Å². The topological polar surface area (TPSA) is 90.1 Å². The van der Waals surface area contributed by atoms with E-state index in [2.05, 4.69) is 9.97 Å². The van der Waals surface area contributed by atoms with Crippen LogP contribution in [0.4, 0.5) is 0 Å². The standard InChI is InChI=1S/C16H17ClN4O2/c17-13-7-11(23-10-3-1-2-4-10)5-6-12(13)14-8-19-9-15(20-14)16(22)21-18/h5-10H,1-4,18H2,(H,21,22). The molecular formula is C16H17ClN4O2. The minimum atomic E-state index is -0.503. The summed E-state index contributed by atoms with van der Waals surface area (Å²) in [6.45, 7) is 0. The van der Waals surface area contributed by atoms with E-state index in [1.54, 1.807) is 12.3 Å². The van der Waals surface area contributed by atoms with Gasteiger partial charge in [-0.25, -0.2) is 10.8 Å². The number of benzene rings is 1. The Balaban J connectivity index is 1.84. The first-order valence-electron chi connectivity index (χ1n) is 7.47. The van der Waals surface area contributed by atoms with Gasteiger partial charge in [-0.15, -0.1) is 0 Å². The fourth-order valence-corrected chi connectivity index (χ4v) is 2.92. The van der Waals surface area contributed by atoms with Crippen LogP contribution in [0.15, 0.2) is 30.6 Å². The van der Waals surface area contributed by atoms with Crippen LogP contribution in [0, 0.1) is 0 Å². The van der Waals surface area contributed by atoms with E-state index in [0.29, 0.717) is 16.3 Å². The molecule has 0 bridgehead atoms. The van der Waals surface area contributed by atoms with E-state index in [-0.39, 0.29) is 11.8 Å². The lowest BCUT2D eigenvalue weighted by molar-refractivity contribution is 0.0948. The number of nitrogens with two attached hydrogens (primary N) is 1. The number of carbonyl (C=O) groups excluding carboxylic acids is 1. The third-order valence-electron chi connectivity index (χ3n) is 3.82. The second-order valence-corrected chi connectivity index (χ2v) is 5.84. The highest BCUT2D eigenvalue weighted by atomic mass is 35.5. The maximum absolute atomic E-state index is 11.5. The smallest absolute Gasteiger partial charge is 0.285 e. The van der Waals surface area contributed by atoms with Gasteiger partial charge in [-0.2, -0.15) is 0 Å². The lowest BCUT2D eigenvalue weighted by Crippen LogP contribution is -2.30. The Morgan fingerprint density at radius 1 is 1.30 bits per heavy atom. The molecule has 1 amide bonds. The number of hydrogen-bond donors (Lipinski definition) is 2. The Morgan fingerprint density at radius 3 is 2.78 bits per heavy atom. The Labute approximate surface area is 139 Å². The molecule has 120 valence electrons. The van der Waals surface area contributed by atoms with Gasteiger partial charge in [0.15, 0.2) is 0 Å². The number of carbonyl (C=O) groups is 1. The summed E-state index contributed by atoms with van der Waals surface area (Å²) in [6.07, 6.45) is 7.75. The lowest BCUT2D eigenvalue weighted by atomic mass is 10.1. The molecule has 7 heteroatoms. The van der Waals surface area contributed by atoms with Crippen molar-refractivity contribution in [2.45, 2.75) is 31.8 Å². The summed E-state index contributed by atoms with van der Waals surface area (Å²) < 4.78 is 5.93. The molecule has 0 saturated heterocycles. The summed E-state index contributed by atoms with van der Waals surface area (Å²) in [6, 6.07) is 5.45. The molecule has 1 aliphatic rings. The summed E-state index contributed by atoms with van der Waals surface area (Å²) in [5, 5.41) is 0.500. The SMILES string of the molecule is NNC(=O)c1cncc(-c2ccc(OC3CCCC3)cc2Cl)n1. The molecule has 0 unspecified atom stereocenters. The van der Waals surface area contributed by atoms with Crippen molar-refractivity contribution in [3.05, 3.63) is 41.3 Å². The van der Waals surface area contributed by atoms with Crippen molar-refractivity contribution in [3.63, 3.8) is 0 Å². The highest BCUT2D eigenvalue weighted by Gasteiger charge is 2.17. The van der Waals surface area contributed by atoms with E-state index >= 15 is 0 Å². The van der Waals surface area contributed by atoms with Gasteiger partial charge in [-0.05, 0) is 43.9 Å². The molecular weight excluding hydrogens is 316 g/mol. The van der Waals surface area contributed by atoms with Gasteiger partial charge in [0.2, 0.25) is 0 Å². The van der Waals surface area contributed by atoms with Crippen LogP contribution in [0.5, 0.6) is 5.75 Å². The maximum Gasteiger partial charge on any atom is 0.285 e. The molecule has 6 nitrogen and oxygen atoms in total. The van der Waals surface area contributed by atoms with Crippen molar-refractivity contribution in [2.24, 2.45) is 5.84 Å². The Morgan fingerprint density at radius 2 is 2.09 bits per heavy atom. The minimum Gasteiger partial charge on any atom is -0.490 e. The number of hydrogen-bond acceptors (Lipinski definition) is 5. The molecule has 1 aromatic heterocycles. The number of amides is 1. The fraction of sp³-hybridized carbons (Fsp3) is 0.312. The molecule has 3 rings (SSSR count). The first-order chi connectivity index (χ1) is 11.2. The Kier molecular flexibility index (Phi) is 4.73. The number of nitrogens with one attached hydrogen (secondary N) is 1. The van der Waals surface area contributed by atoms with Crippen LogP contribution in [0.25, 0.3) is 11.3 Å². The van der Waals surface area contributed by atoms with E-state index in [1.807, 2.05) is 17.6 Å². The van der Waals surface area contributed by atoms with Crippen LogP contribution in [0.3, 0.4) is 0 Å². The van der Waals surface area contributed by atoms with Crippen LogP contribution < -0.4 is 16.0 Å². The minimum absolute atomic E-state index is 0.132. The molecule has 0 atom stereocenters. The number of nitrogens with zero attached hydrogens (tertiary/aromatic N) is 2. The molecule has 1 saturated carbocycles. The highest BCUT2D eigenvalue weighted by Crippen LogP contribution is 2.32. The van der Waals surface area contributed by atoms with Crippen LogP contribution in [-0.4, -0.2) is 22.0 Å². The number of rotatable bonds is 4. The van der Waals surface area contributed by atoms with Crippen LogP contribution in [0.1, 0.15) is 36.2 Å². The van der Waals surface area contributed by atoms with Crippen LogP contribution in [0.2, 0.25) is 5.02 Å². The molecule has 1 aromatic carbocycles. The third kappa shape index (κ3) is 3.60. The number of nitrogen functional groups attached to an aromatic ring is 1. The van der Waals surface area contributed by atoms with Gasteiger partial charge in [0, 0.05) is 5.56 Å².